The molecule has 1 aromatic rings. The highest BCUT2D eigenvalue weighted by Crippen LogP contribution is 2.24. The molecule has 6 nitrogen and oxygen atoms in total. The van der Waals surface area contributed by atoms with Gasteiger partial charge in [-0.15, -0.1) is 0 Å². The van der Waals surface area contributed by atoms with Crippen molar-refractivity contribution in [2.45, 2.75) is 6.42 Å². The molecule has 1 heterocycles. The lowest BCUT2D eigenvalue weighted by molar-refractivity contribution is -0.377. The molecule has 1 aromatic carbocycles. The fraction of sp³-hybridized carbons (Fsp3) is 0.0667. The summed E-state index contributed by atoms with van der Waals surface area (Å²) in [5.41, 5.74) is 5.35. The Hall–Kier alpha value is -3.02. The van der Waals surface area contributed by atoms with Gasteiger partial charge in [0.2, 0.25) is 5.71 Å². The molecule has 1 aliphatic carbocycles. The maximum absolute atomic E-state index is 12.1. The predicted octanol–water partition coefficient (Wildman–Crippen LogP) is 1.76. The Bertz CT molecular complexity index is 680. The first-order valence-electron chi connectivity index (χ1n) is 6.40. The molecule has 1 fully saturated rings. The molecular weight excluding hydrogens is 270 g/mol. The second-order valence-electron chi connectivity index (χ2n) is 4.64. The molecule has 1 N–H and O–H groups in total. The van der Waals surface area contributed by atoms with Crippen LogP contribution in [0.15, 0.2) is 65.9 Å². The number of carbonyl (C=O) groups excluding carboxylic acids is 1. The zero-order valence-electron chi connectivity index (χ0n) is 11.0. The van der Waals surface area contributed by atoms with E-state index in [1.165, 1.54) is 17.2 Å². The van der Waals surface area contributed by atoms with Crippen LogP contribution in [0.1, 0.15) is 6.42 Å². The zero-order chi connectivity index (χ0) is 14.8. The highest BCUT2D eigenvalue weighted by molar-refractivity contribution is 6.03. The van der Waals surface area contributed by atoms with Crippen LogP contribution in [0.3, 0.4) is 0 Å². The molecule has 6 heteroatoms. The minimum atomic E-state index is -0.446. The number of allylic oxidation sites excluding steroid dienone is 5. The van der Waals surface area contributed by atoms with Gasteiger partial charge in [0.25, 0.3) is 5.91 Å². The van der Waals surface area contributed by atoms with Crippen molar-refractivity contribution >= 4 is 17.3 Å². The van der Waals surface area contributed by atoms with Crippen molar-refractivity contribution in [1.29, 1.82) is 0 Å². The Labute approximate surface area is 121 Å². The van der Waals surface area contributed by atoms with E-state index in [-0.39, 0.29) is 18.0 Å². The number of hydrogen-bond acceptors (Lipinski definition) is 4. The topological polar surface area (TPSA) is 81.5 Å². The molecular formula is C15H12N3O3-. The lowest BCUT2D eigenvalue weighted by atomic mass is 10.1. The summed E-state index contributed by atoms with van der Waals surface area (Å²) in [5.74, 6) is -0.0606. The highest BCUT2D eigenvalue weighted by atomic mass is 16.8. The largest absolute Gasteiger partial charge is 0.612 e. The number of para-hydroxylation sites is 1. The third-order valence-corrected chi connectivity index (χ3v) is 3.27. The normalized spacial score (nSPS) is 17.4. The van der Waals surface area contributed by atoms with Crippen LogP contribution in [-0.2, 0) is 4.79 Å². The van der Waals surface area contributed by atoms with Crippen LogP contribution in [0.5, 0.6) is 0 Å². The van der Waals surface area contributed by atoms with Crippen LogP contribution in [0.2, 0.25) is 0 Å². The van der Waals surface area contributed by atoms with E-state index in [9.17, 15) is 15.2 Å². The van der Waals surface area contributed by atoms with Gasteiger partial charge in [-0.1, -0.05) is 18.2 Å². The van der Waals surface area contributed by atoms with Gasteiger partial charge in [-0.2, -0.15) is 4.90 Å². The lowest BCUT2D eigenvalue weighted by Crippen LogP contribution is -2.33. The molecule has 0 atom stereocenters. The van der Waals surface area contributed by atoms with E-state index in [2.05, 4.69) is 5.43 Å². The Balaban J connectivity index is 1.86. The van der Waals surface area contributed by atoms with Gasteiger partial charge >= 0.3 is 0 Å². The number of amides is 1. The van der Waals surface area contributed by atoms with E-state index in [1.54, 1.807) is 12.2 Å². The smallest absolute Gasteiger partial charge is 0.251 e. The van der Waals surface area contributed by atoms with Gasteiger partial charge in [-0.25, -0.2) is 5.01 Å². The number of benzene rings is 1. The second kappa shape index (κ2) is 5.16. The first-order chi connectivity index (χ1) is 10.1. The van der Waals surface area contributed by atoms with Crippen molar-refractivity contribution in [3.05, 3.63) is 76.3 Å². The number of anilines is 1. The van der Waals surface area contributed by atoms with E-state index >= 15 is 0 Å². The summed E-state index contributed by atoms with van der Waals surface area (Å²) in [6, 6.07) is 9.26. The molecule has 1 amide bonds. The summed E-state index contributed by atoms with van der Waals surface area (Å²) in [4.78, 5) is 11.6. The van der Waals surface area contributed by atoms with Crippen molar-refractivity contribution in [1.82, 2.24) is 5.43 Å². The van der Waals surface area contributed by atoms with Crippen LogP contribution >= 0.6 is 0 Å². The van der Waals surface area contributed by atoms with Gasteiger partial charge in [0.1, 0.15) is 0 Å². The summed E-state index contributed by atoms with van der Waals surface area (Å²) >= 11 is 0. The van der Waals surface area contributed by atoms with Crippen molar-refractivity contribution in [3.8, 4) is 0 Å². The molecule has 2 aliphatic rings. The number of carbonyl (C=O) groups is 1. The highest BCUT2D eigenvalue weighted by Gasteiger charge is 2.27. The maximum atomic E-state index is 12.1. The molecule has 1 aliphatic heterocycles. The summed E-state index contributed by atoms with van der Waals surface area (Å²) in [5, 5.41) is 22.8. The average molecular weight is 282 g/mol. The van der Waals surface area contributed by atoms with E-state index in [4.69, 9.17) is 0 Å². The van der Waals surface area contributed by atoms with Crippen molar-refractivity contribution < 1.29 is 9.70 Å². The Morgan fingerprint density at radius 1 is 1.05 bits per heavy atom. The van der Waals surface area contributed by atoms with Gasteiger partial charge in [0, 0.05) is 17.8 Å². The number of hydrazine groups is 1. The molecule has 0 bridgehead atoms. The number of hydrogen-bond donors (Lipinski definition) is 1. The van der Waals surface area contributed by atoms with E-state index in [0.29, 0.717) is 0 Å². The number of rotatable bonds is 1. The van der Waals surface area contributed by atoms with Gasteiger partial charge in [0.15, 0.2) is 0 Å². The minimum absolute atomic E-state index is 0.0311. The van der Waals surface area contributed by atoms with Crippen molar-refractivity contribution in [2.75, 3.05) is 5.01 Å². The molecule has 0 saturated carbocycles. The maximum Gasteiger partial charge on any atom is 0.251 e. The quantitative estimate of drug-likeness (QED) is 0.628. The molecule has 3 rings (SSSR count). The van der Waals surface area contributed by atoms with Crippen LogP contribution < -0.4 is 10.4 Å². The SMILES string of the molecule is O=C1CC(=C2C=CC(=[N+]([O-])[O-])C=C2)NN1c1ccccc1. The summed E-state index contributed by atoms with van der Waals surface area (Å²) in [7, 11) is 0. The molecule has 0 spiro atoms. The first kappa shape index (κ1) is 13.0. The molecule has 0 radical (unpaired) electrons. The van der Waals surface area contributed by atoms with E-state index in [1.807, 2.05) is 30.3 Å². The molecule has 1 saturated heterocycles. The van der Waals surface area contributed by atoms with Crippen molar-refractivity contribution in [2.24, 2.45) is 0 Å². The second-order valence-corrected chi connectivity index (χ2v) is 4.64. The number of nitrogens with zero attached hydrogens (tertiary/aromatic N) is 2. The monoisotopic (exact) mass is 282 g/mol. The van der Waals surface area contributed by atoms with Crippen LogP contribution in [0, 0.1) is 10.4 Å². The first-order valence-corrected chi connectivity index (χ1v) is 6.40. The van der Waals surface area contributed by atoms with E-state index < -0.39 is 4.90 Å². The predicted molar refractivity (Wildman–Crippen MR) is 79.0 cm³/mol. The molecule has 0 aromatic heterocycles. The standard InChI is InChI=1S/C15H12N3O3/c19-15-10-14(11-6-8-13(9-7-11)18(20)21)16-17(15)12-4-2-1-3-5-12/h1-9,16H,10H2/q-1. The molecule has 106 valence electrons. The minimum Gasteiger partial charge on any atom is -0.612 e. The zero-order valence-corrected chi connectivity index (χ0v) is 11.0. The lowest BCUT2D eigenvalue weighted by Gasteiger charge is -2.17. The van der Waals surface area contributed by atoms with Crippen molar-refractivity contribution in [3.63, 3.8) is 0 Å². The van der Waals surface area contributed by atoms with E-state index in [0.717, 1.165) is 17.0 Å². The third kappa shape index (κ3) is 2.51. The van der Waals surface area contributed by atoms with Gasteiger partial charge in [0.05, 0.1) is 12.1 Å². The molecule has 0 unspecified atom stereocenters. The fourth-order valence-corrected chi connectivity index (χ4v) is 2.20. The van der Waals surface area contributed by atoms with Gasteiger partial charge < -0.3 is 10.4 Å². The Morgan fingerprint density at radius 2 is 1.71 bits per heavy atom. The Morgan fingerprint density at radius 3 is 2.33 bits per heavy atom. The number of nitrogens with one attached hydrogen (secondary N) is 1. The third-order valence-electron chi connectivity index (χ3n) is 3.27. The average Bonchev–Trinajstić information content (AvgIpc) is 2.90. The summed E-state index contributed by atoms with van der Waals surface area (Å²) < 4.78 is 0. The van der Waals surface area contributed by atoms with Crippen LogP contribution in [0.25, 0.3) is 0 Å². The van der Waals surface area contributed by atoms with Crippen LogP contribution in [-0.4, -0.2) is 16.5 Å². The fourth-order valence-electron chi connectivity index (χ4n) is 2.20. The summed E-state index contributed by atoms with van der Waals surface area (Å²) in [6.07, 6.45) is 6.39. The summed E-state index contributed by atoms with van der Waals surface area (Å²) in [6.45, 7) is 0. The molecule has 21 heavy (non-hydrogen) atoms. The van der Waals surface area contributed by atoms with Gasteiger partial charge in [-0.05, 0) is 29.9 Å². The van der Waals surface area contributed by atoms with Crippen LogP contribution in [0.4, 0.5) is 5.69 Å². The Kier molecular flexibility index (Phi) is 3.19. The van der Waals surface area contributed by atoms with Gasteiger partial charge in [-0.3, -0.25) is 10.2 Å².